The van der Waals surface area contributed by atoms with E-state index in [9.17, 15) is 13.2 Å². The van der Waals surface area contributed by atoms with E-state index in [0.29, 0.717) is 48.5 Å². The highest BCUT2D eigenvalue weighted by Crippen LogP contribution is 2.23. The van der Waals surface area contributed by atoms with Crippen molar-refractivity contribution in [1.29, 1.82) is 0 Å². The van der Waals surface area contributed by atoms with Crippen LogP contribution in [0.4, 0.5) is 0 Å². The van der Waals surface area contributed by atoms with Crippen LogP contribution in [-0.4, -0.2) is 53.2 Å². The molecule has 9 heteroatoms. The zero-order valence-corrected chi connectivity index (χ0v) is 18.8. The van der Waals surface area contributed by atoms with E-state index in [1.807, 2.05) is 17.5 Å². The maximum absolute atomic E-state index is 13.0. The average molecular weight is 447 g/mol. The van der Waals surface area contributed by atoms with Crippen LogP contribution in [0.15, 0.2) is 51.6 Å². The maximum Gasteiger partial charge on any atom is 0.258 e. The summed E-state index contributed by atoms with van der Waals surface area (Å²) in [7, 11) is -3.50. The third-order valence-electron chi connectivity index (χ3n) is 5.77. The summed E-state index contributed by atoms with van der Waals surface area (Å²) in [6.45, 7) is 6.87. The van der Waals surface area contributed by atoms with Crippen LogP contribution in [0.1, 0.15) is 37.4 Å². The smallest absolute Gasteiger partial charge is 0.258 e. The molecular formula is C21H26N4O3S2. The van der Waals surface area contributed by atoms with Gasteiger partial charge in [0.1, 0.15) is 0 Å². The zero-order chi connectivity index (χ0) is 21.3. The Morgan fingerprint density at radius 1 is 1.13 bits per heavy atom. The molecule has 3 heterocycles. The summed E-state index contributed by atoms with van der Waals surface area (Å²) in [6, 6.07) is 8.83. The standard InChI is InChI=1S/C21H26N4O3S2/c1-3-16(2)17-4-6-19(7-5-17)30(27,28)24-10-8-23(9-11-24)15-18-14-20(26)25-12-13-29-21(25)22-18/h4-7,12-14,16H,3,8-11,15H2,1-2H3. The Morgan fingerprint density at radius 3 is 2.50 bits per heavy atom. The molecule has 0 saturated carbocycles. The molecule has 4 rings (SSSR count). The van der Waals surface area contributed by atoms with Crippen LogP contribution in [-0.2, 0) is 16.6 Å². The molecule has 0 radical (unpaired) electrons. The third-order valence-corrected chi connectivity index (χ3v) is 8.44. The lowest BCUT2D eigenvalue weighted by molar-refractivity contribution is 0.180. The fraction of sp³-hybridized carbons (Fsp3) is 0.429. The molecule has 1 saturated heterocycles. The topological polar surface area (TPSA) is 75.0 Å². The number of aromatic nitrogens is 2. The Labute approximate surface area is 180 Å². The summed E-state index contributed by atoms with van der Waals surface area (Å²) in [6.07, 6.45) is 2.74. The van der Waals surface area contributed by atoms with Crippen molar-refractivity contribution in [1.82, 2.24) is 18.6 Å². The van der Waals surface area contributed by atoms with Crippen LogP contribution in [0.3, 0.4) is 0 Å². The van der Waals surface area contributed by atoms with Crippen LogP contribution >= 0.6 is 11.3 Å². The maximum atomic E-state index is 13.0. The molecule has 0 spiro atoms. The van der Waals surface area contributed by atoms with E-state index >= 15 is 0 Å². The number of benzene rings is 1. The second-order valence-electron chi connectivity index (χ2n) is 7.70. The highest BCUT2D eigenvalue weighted by Gasteiger charge is 2.28. The van der Waals surface area contributed by atoms with Crippen LogP contribution in [0.25, 0.3) is 4.96 Å². The molecule has 1 aliphatic rings. The molecule has 3 aromatic rings. The zero-order valence-electron chi connectivity index (χ0n) is 17.2. The molecule has 30 heavy (non-hydrogen) atoms. The van der Waals surface area contributed by atoms with Crippen LogP contribution < -0.4 is 5.56 Å². The van der Waals surface area contributed by atoms with Crippen LogP contribution in [0.5, 0.6) is 0 Å². The Kier molecular flexibility index (Phi) is 6.06. The van der Waals surface area contributed by atoms with Crippen molar-refractivity contribution in [3.05, 3.63) is 63.5 Å². The van der Waals surface area contributed by atoms with Crippen molar-refractivity contribution < 1.29 is 8.42 Å². The van der Waals surface area contributed by atoms with Gasteiger partial charge in [-0.2, -0.15) is 4.31 Å². The van der Waals surface area contributed by atoms with Gasteiger partial charge in [-0.05, 0) is 30.0 Å². The Hall–Kier alpha value is -2.07. The molecule has 160 valence electrons. The second-order valence-corrected chi connectivity index (χ2v) is 10.5. The highest BCUT2D eigenvalue weighted by molar-refractivity contribution is 7.89. The van der Waals surface area contributed by atoms with Crippen molar-refractivity contribution >= 4 is 26.3 Å². The van der Waals surface area contributed by atoms with Gasteiger partial charge in [0.25, 0.3) is 5.56 Å². The summed E-state index contributed by atoms with van der Waals surface area (Å²) < 4.78 is 29.1. The number of sulfonamides is 1. The van der Waals surface area contributed by atoms with Crippen LogP contribution in [0.2, 0.25) is 0 Å². The van der Waals surface area contributed by atoms with E-state index in [2.05, 4.69) is 23.7 Å². The molecule has 0 N–H and O–H groups in total. The van der Waals surface area contributed by atoms with E-state index in [0.717, 1.165) is 17.7 Å². The van der Waals surface area contributed by atoms with Gasteiger partial charge in [0.05, 0.1) is 10.6 Å². The fourth-order valence-corrected chi connectivity index (χ4v) is 5.84. The molecule has 2 aromatic heterocycles. The third kappa shape index (κ3) is 4.20. The molecule has 0 amide bonds. The normalized spacial score (nSPS) is 17.4. The summed E-state index contributed by atoms with van der Waals surface area (Å²) in [4.78, 5) is 19.9. The first kappa shape index (κ1) is 21.2. The Balaban J connectivity index is 1.41. The SMILES string of the molecule is CCC(C)c1ccc(S(=O)(=O)N2CCN(Cc3cc(=O)n4ccsc4n3)CC2)cc1. The highest BCUT2D eigenvalue weighted by atomic mass is 32.2. The second kappa shape index (κ2) is 8.58. The lowest BCUT2D eigenvalue weighted by Crippen LogP contribution is -2.48. The predicted octanol–water partition coefficient (Wildman–Crippen LogP) is 2.78. The summed E-state index contributed by atoms with van der Waals surface area (Å²) in [5.41, 5.74) is 1.80. The van der Waals surface area contributed by atoms with Crippen molar-refractivity contribution in [3.63, 3.8) is 0 Å². The van der Waals surface area contributed by atoms with E-state index in [4.69, 9.17) is 0 Å². The summed E-state index contributed by atoms with van der Waals surface area (Å²) in [5.74, 6) is 0.417. The van der Waals surface area contributed by atoms with Gasteiger partial charge in [-0.1, -0.05) is 26.0 Å². The minimum Gasteiger partial charge on any atom is -0.295 e. The minimum atomic E-state index is -3.50. The van der Waals surface area contributed by atoms with Gasteiger partial charge >= 0.3 is 0 Å². The van der Waals surface area contributed by atoms with Crippen LogP contribution in [0, 0.1) is 0 Å². The number of fused-ring (bicyclic) bond motifs is 1. The van der Waals surface area contributed by atoms with Gasteiger partial charge in [-0.25, -0.2) is 13.4 Å². The van der Waals surface area contributed by atoms with E-state index in [-0.39, 0.29) is 5.56 Å². The first-order valence-electron chi connectivity index (χ1n) is 10.2. The average Bonchev–Trinajstić information content (AvgIpc) is 3.23. The van der Waals surface area contributed by atoms with Gasteiger partial charge in [-0.3, -0.25) is 14.1 Å². The first-order valence-corrected chi connectivity index (χ1v) is 12.5. The van der Waals surface area contributed by atoms with Crippen molar-refractivity contribution in [2.75, 3.05) is 26.2 Å². The number of nitrogens with zero attached hydrogens (tertiary/aromatic N) is 4. The largest absolute Gasteiger partial charge is 0.295 e. The number of hydrogen-bond donors (Lipinski definition) is 0. The Morgan fingerprint density at radius 2 is 1.83 bits per heavy atom. The van der Waals surface area contributed by atoms with Gasteiger partial charge in [0.15, 0.2) is 4.96 Å². The molecular weight excluding hydrogens is 420 g/mol. The van der Waals surface area contributed by atoms with Crippen molar-refractivity contribution in [2.45, 2.75) is 37.6 Å². The minimum absolute atomic E-state index is 0.0849. The number of rotatable bonds is 6. The molecule has 7 nitrogen and oxygen atoms in total. The molecule has 1 unspecified atom stereocenters. The predicted molar refractivity (Wildman–Crippen MR) is 119 cm³/mol. The molecule has 1 aliphatic heterocycles. The van der Waals surface area contributed by atoms with Crippen molar-refractivity contribution in [2.24, 2.45) is 0 Å². The Bertz CT molecular complexity index is 1180. The van der Waals surface area contributed by atoms with Crippen molar-refractivity contribution in [3.8, 4) is 0 Å². The lowest BCUT2D eigenvalue weighted by Gasteiger charge is -2.33. The van der Waals surface area contributed by atoms with Gasteiger partial charge in [0, 0.05) is 50.4 Å². The van der Waals surface area contributed by atoms with Gasteiger partial charge in [-0.15, -0.1) is 11.3 Å². The van der Waals surface area contributed by atoms with E-state index < -0.39 is 10.0 Å². The van der Waals surface area contributed by atoms with E-state index in [1.165, 1.54) is 15.7 Å². The molecule has 1 atom stereocenters. The molecule has 0 bridgehead atoms. The summed E-state index contributed by atoms with van der Waals surface area (Å²) in [5, 5.41) is 1.84. The first-order chi connectivity index (χ1) is 14.4. The number of hydrogen-bond acceptors (Lipinski definition) is 6. The quantitative estimate of drug-likeness (QED) is 0.582. The molecule has 1 aromatic carbocycles. The van der Waals surface area contributed by atoms with Gasteiger partial charge < -0.3 is 0 Å². The molecule has 1 fully saturated rings. The molecule has 0 aliphatic carbocycles. The fourth-order valence-electron chi connectivity index (χ4n) is 3.68. The number of piperazine rings is 1. The monoisotopic (exact) mass is 446 g/mol. The number of thiazole rings is 1. The van der Waals surface area contributed by atoms with Gasteiger partial charge in [0.2, 0.25) is 10.0 Å². The summed E-state index contributed by atoms with van der Waals surface area (Å²) >= 11 is 1.43. The van der Waals surface area contributed by atoms with E-state index in [1.54, 1.807) is 28.7 Å². The lowest BCUT2D eigenvalue weighted by atomic mass is 9.99.